The second kappa shape index (κ2) is 7.10. The van der Waals surface area contributed by atoms with Gasteiger partial charge in [0.05, 0.1) is 0 Å². The van der Waals surface area contributed by atoms with Gasteiger partial charge in [0.2, 0.25) is 0 Å². The van der Waals surface area contributed by atoms with Crippen molar-refractivity contribution in [1.82, 2.24) is 10.2 Å². The molecule has 0 aromatic heterocycles. The van der Waals surface area contributed by atoms with E-state index in [1.54, 1.807) is 0 Å². The van der Waals surface area contributed by atoms with Gasteiger partial charge in [-0.1, -0.05) is 33.1 Å². The van der Waals surface area contributed by atoms with Gasteiger partial charge in [0.25, 0.3) is 0 Å². The van der Waals surface area contributed by atoms with Gasteiger partial charge in [0.1, 0.15) is 0 Å². The predicted octanol–water partition coefficient (Wildman–Crippen LogP) is 3.17. The standard InChI is InChI=1S/C13H26N2S/c1-4-15(10-11(2)3)13(16)14-12-8-6-5-7-9-12/h11-12H,4-10H2,1-3H3,(H,14,16). The fraction of sp³-hybridized carbons (Fsp3) is 0.923. The minimum atomic E-state index is 0.627. The van der Waals surface area contributed by atoms with Crippen molar-refractivity contribution in [2.75, 3.05) is 13.1 Å². The van der Waals surface area contributed by atoms with Gasteiger partial charge in [0.15, 0.2) is 5.11 Å². The lowest BCUT2D eigenvalue weighted by Crippen LogP contribution is -2.46. The Morgan fingerprint density at radius 1 is 1.31 bits per heavy atom. The van der Waals surface area contributed by atoms with Crippen LogP contribution in [0.1, 0.15) is 52.9 Å². The van der Waals surface area contributed by atoms with E-state index in [1.807, 2.05) is 0 Å². The Labute approximate surface area is 106 Å². The molecule has 0 aromatic carbocycles. The van der Waals surface area contributed by atoms with E-state index in [4.69, 9.17) is 12.2 Å². The average Bonchev–Trinajstić information content (AvgIpc) is 2.26. The molecular weight excluding hydrogens is 216 g/mol. The molecule has 0 spiro atoms. The molecule has 0 atom stereocenters. The largest absolute Gasteiger partial charge is 0.360 e. The number of hydrogen-bond donors (Lipinski definition) is 1. The van der Waals surface area contributed by atoms with Crippen LogP contribution in [0.25, 0.3) is 0 Å². The fourth-order valence-corrected chi connectivity index (χ4v) is 2.68. The Bertz CT molecular complexity index is 210. The predicted molar refractivity (Wildman–Crippen MR) is 74.7 cm³/mol. The van der Waals surface area contributed by atoms with Crippen LogP contribution in [0.2, 0.25) is 0 Å². The van der Waals surface area contributed by atoms with Gasteiger partial charge in [-0.15, -0.1) is 0 Å². The summed E-state index contributed by atoms with van der Waals surface area (Å²) in [7, 11) is 0. The zero-order valence-electron chi connectivity index (χ0n) is 11.0. The molecule has 0 unspecified atom stereocenters. The van der Waals surface area contributed by atoms with Crippen LogP contribution in [0.15, 0.2) is 0 Å². The van der Waals surface area contributed by atoms with E-state index in [1.165, 1.54) is 32.1 Å². The second-order valence-electron chi connectivity index (χ2n) is 5.22. The lowest BCUT2D eigenvalue weighted by atomic mass is 9.96. The molecule has 2 nitrogen and oxygen atoms in total. The summed E-state index contributed by atoms with van der Waals surface area (Å²) < 4.78 is 0. The van der Waals surface area contributed by atoms with Crippen molar-refractivity contribution < 1.29 is 0 Å². The van der Waals surface area contributed by atoms with Crippen molar-refractivity contribution in [3.05, 3.63) is 0 Å². The summed E-state index contributed by atoms with van der Waals surface area (Å²) in [5.41, 5.74) is 0. The smallest absolute Gasteiger partial charge is 0.169 e. The number of nitrogens with one attached hydrogen (secondary N) is 1. The maximum absolute atomic E-state index is 5.49. The topological polar surface area (TPSA) is 15.3 Å². The second-order valence-corrected chi connectivity index (χ2v) is 5.60. The molecular formula is C13H26N2S. The SMILES string of the molecule is CCN(CC(C)C)C(=S)NC1CCCCC1. The summed E-state index contributed by atoms with van der Waals surface area (Å²) in [6.07, 6.45) is 6.69. The van der Waals surface area contributed by atoms with E-state index in [2.05, 4.69) is 31.0 Å². The summed E-state index contributed by atoms with van der Waals surface area (Å²) in [5, 5.41) is 4.49. The highest BCUT2D eigenvalue weighted by molar-refractivity contribution is 7.80. The van der Waals surface area contributed by atoms with Crippen LogP contribution in [-0.2, 0) is 0 Å². The number of rotatable bonds is 4. The zero-order valence-corrected chi connectivity index (χ0v) is 11.8. The molecule has 0 radical (unpaired) electrons. The van der Waals surface area contributed by atoms with Crippen molar-refractivity contribution in [3.8, 4) is 0 Å². The Balaban J connectivity index is 2.35. The summed E-state index contributed by atoms with van der Waals surface area (Å²) >= 11 is 5.49. The van der Waals surface area contributed by atoms with Gasteiger partial charge in [-0.05, 0) is 37.9 Å². The first-order chi connectivity index (χ1) is 7.63. The van der Waals surface area contributed by atoms with E-state index in [0.717, 1.165) is 18.2 Å². The normalized spacial score (nSPS) is 17.5. The molecule has 1 rings (SSSR count). The van der Waals surface area contributed by atoms with Crippen LogP contribution in [0.5, 0.6) is 0 Å². The maximum atomic E-state index is 5.49. The molecule has 0 amide bonds. The lowest BCUT2D eigenvalue weighted by Gasteiger charge is -2.31. The zero-order chi connectivity index (χ0) is 12.0. The summed E-state index contributed by atoms with van der Waals surface area (Å²) in [6.45, 7) is 8.74. The Hall–Kier alpha value is -0.310. The maximum Gasteiger partial charge on any atom is 0.169 e. The molecule has 16 heavy (non-hydrogen) atoms. The minimum Gasteiger partial charge on any atom is -0.360 e. The number of thiocarbonyl (C=S) groups is 1. The van der Waals surface area contributed by atoms with Crippen molar-refractivity contribution in [2.24, 2.45) is 5.92 Å². The highest BCUT2D eigenvalue weighted by Gasteiger charge is 2.16. The first kappa shape index (κ1) is 13.8. The molecule has 0 heterocycles. The van der Waals surface area contributed by atoms with Crippen molar-refractivity contribution >= 4 is 17.3 Å². The van der Waals surface area contributed by atoms with E-state index >= 15 is 0 Å². The van der Waals surface area contributed by atoms with Crippen LogP contribution in [-0.4, -0.2) is 29.1 Å². The van der Waals surface area contributed by atoms with Crippen LogP contribution in [0, 0.1) is 5.92 Å². The van der Waals surface area contributed by atoms with Gasteiger partial charge in [-0.3, -0.25) is 0 Å². The Morgan fingerprint density at radius 3 is 2.44 bits per heavy atom. The molecule has 0 aliphatic heterocycles. The first-order valence-electron chi connectivity index (χ1n) is 6.69. The molecule has 1 N–H and O–H groups in total. The lowest BCUT2D eigenvalue weighted by molar-refractivity contribution is 0.352. The molecule has 1 aliphatic carbocycles. The van der Waals surface area contributed by atoms with Gasteiger partial charge in [0, 0.05) is 19.1 Å². The Morgan fingerprint density at radius 2 is 1.94 bits per heavy atom. The highest BCUT2D eigenvalue weighted by Crippen LogP contribution is 2.17. The average molecular weight is 242 g/mol. The number of hydrogen-bond acceptors (Lipinski definition) is 1. The molecule has 0 bridgehead atoms. The molecule has 94 valence electrons. The number of nitrogens with zero attached hydrogens (tertiary/aromatic N) is 1. The quantitative estimate of drug-likeness (QED) is 0.762. The van der Waals surface area contributed by atoms with Gasteiger partial charge >= 0.3 is 0 Å². The molecule has 1 fully saturated rings. The van der Waals surface area contributed by atoms with Gasteiger partial charge < -0.3 is 10.2 Å². The Kier molecular flexibility index (Phi) is 6.10. The van der Waals surface area contributed by atoms with Crippen molar-refractivity contribution in [1.29, 1.82) is 0 Å². The minimum absolute atomic E-state index is 0.627. The molecule has 1 aliphatic rings. The van der Waals surface area contributed by atoms with E-state index in [-0.39, 0.29) is 0 Å². The van der Waals surface area contributed by atoms with Crippen molar-refractivity contribution in [2.45, 2.75) is 58.9 Å². The summed E-state index contributed by atoms with van der Waals surface area (Å²) in [6, 6.07) is 0.627. The monoisotopic (exact) mass is 242 g/mol. The summed E-state index contributed by atoms with van der Waals surface area (Å²) in [4.78, 5) is 2.29. The van der Waals surface area contributed by atoms with Crippen LogP contribution >= 0.6 is 12.2 Å². The first-order valence-corrected chi connectivity index (χ1v) is 7.09. The van der Waals surface area contributed by atoms with E-state index < -0.39 is 0 Å². The van der Waals surface area contributed by atoms with Crippen LogP contribution < -0.4 is 5.32 Å². The van der Waals surface area contributed by atoms with Crippen LogP contribution in [0.4, 0.5) is 0 Å². The van der Waals surface area contributed by atoms with E-state index in [0.29, 0.717) is 12.0 Å². The molecule has 0 saturated heterocycles. The molecule has 1 saturated carbocycles. The van der Waals surface area contributed by atoms with Crippen LogP contribution in [0.3, 0.4) is 0 Å². The highest BCUT2D eigenvalue weighted by atomic mass is 32.1. The van der Waals surface area contributed by atoms with Gasteiger partial charge in [-0.25, -0.2) is 0 Å². The fourth-order valence-electron chi connectivity index (χ4n) is 2.31. The molecule has 3 heteroatoms. The van der Waals surface area contributed by atoms with Gasteiger partial charge in [-0.2, -0.15) is 0 Å². The molecule has 0 aromatic rings. The summed E-state index contributed by atoms with van der Waals surface area (Å²) in [5.74, 6) is 0.672. The third kappa shape index (κ3) is 4.69. The van der Waals surface area contributed by atoms with E-state index in [9.17, 15) is 0 Å². The third-order valence-corrected chi connectivity index (χ3v) is 3.56. The third-order valence-electron chi connectivity index (χ3n) is 3.19. The van der Waals surface area contributed by atoms with Crippen molar-refractivity contribution in [3.63, 3.8) is 0 Å².